The molecule has 7 nitrogen and oxygen atoms in total. The highest BCUT2D eigenvalue weighted by Gasteiger charge is 2.39. The number of pyridine rings is 1. The standard InChI is InChI=1S/C23H25Cl2N5O2S/c24-17-10-26-11-18(25)21(17)29-7-5-28(6-8-29)12-14-1-2-16-15(9-14)13-30(23(16)33)19-3-4-20(31)27-22(19)32/h1-2,9-11,19,23,33H,3-8,12-13H2,(H,27,31,32). The van der Waals surface area contributed by atoms with E-state index in [2.05, 4.69) is 43.2 Å². The molecule has 33 heavy (non-hydrogen) atoms. The number of benzene rings is 1. The minimum atomic E-state index is -0.319. The van der Waals surface area contributed by atoms with Crippen molar-refractivity contribution in [2.45, 2.75) is 37.3 Å². The number of amides is 2. The van der Waals surface area contributed by atoms with Gasteiger partial charge in [-0.05, 0) is 23.1 Å². The molecule has 1 aromatic heterocycles. The third kappa shape index (κ3) is 4.59. The van der Waals surface area contributed by atoms with Crippen molar-refractivity contribution in [3.05, 3.63) is 57.3 Å². The number of thiol groups is 1. The zero-order valence-electron chi connectivity index (χ0n) is 18.0. The number of anilines is 1. The fourth-order valence-electron chi connectivity index (χ4n) is 4.98. The molecule has 0 spiro atoms. The van der Waals surface area contributed by atoms with E-state index < -0.39 is 0 Å². The van der Waals surface area contributed by atoms with Crippen LogP contribution in [-0.4, -0.2) is 58.8 Å². The van der Waals surface area contributed by atoms with Gasteiger partial charge in [-0.2, -0.15) is 12.6 Å². The second-order valence-corrected chi connectivity index (χ2v) is 10.1. The zero-order chi connectivity index (χ0) is 23.1. The predicted molar refractivity (Wildman–Crippen MR) is 132 cm³/mol. The van der Waals surface area contributed by atoms with Crippen molar-refractivity contribution < 1.29 is 9.59 Å². The normalized spacial score (nSPS) is 24.2. The summed E-state index contributed by atoms with van der Waals surface area (Å²) in [4.78, 5) is 34.6. The summed E-state index contributed by atoms with van der Waals surface area (Å²) in [5.74, 6) is -0.412. The van der Waals surface area contributed by atoms with Crippen LogP contribution in [0.4, 0.5) is 5.69 Å². The van der Waals surface area contributed by atoms with Crippen molar-refractivity contribution in [1.82, 2.24) is 20.1 Å². The molecule has 2 amide bonds. The summed E-state index contributed by atoms with van der Waals surface area (Å²) in [5, 5.41) is 3.48. The molecular weight excluding hydrogens is 481 g/mol. The lowest BCUT2D eigenvalue weighted by Gasteiger charge is -2.36. The lowest BCUT2D eigenvalue weighted by Crippen LogP contribution is -2.51. The quantitative estimate of drug-likeness (QED) is 0.490. The average Bonchev–Trinajstić information content (AvgIpc) is 3.10. The first kappa shape index (κ1) is 22.9. The molecule has 2 aromatic rings. The molecule has 3 aliphatic rings. The van der Waals surface area contributed by atoms with Gasteiger partial charge in [0.2, 0.25) is 11.8 Å². The Balaban J connectivity index is 1.22. The summed E-state index contributed by atoms with van der Waals surface area (Å²) in [6.07, 6.45) is 4.17. The SMILES string of the molecule is O=C1CCC(N2Cc3cc(CN4CCN(c5c(Cl)cncc5Cl)CC4)ccc3C2S)C(=O)N1. The summed E-state index contributed by atoms with van der Waals surface area (Å²) in [6.45, 7) is 5.02. The van der Waals surface area contributed by atoms with E-state index in [-0.39, 0.29) is 23.2 Å². The molecule has 2 unspecified atom stereocenters. The number of rotatable bonds is 4. The maximum atomic E-state index is 12.4. The number of aromatic nitrogens is 1. The fraction of sp³-hybridized carbons (Fsp3) is 0.435. The molecule has 1 N–H and O–H groups in total. The molecule has 10 heteroatoms. The molecular formula is C23H25Cl2N5O2S. The summed E-state index contributed by atoms with van der Waals surface area (Å²) in [7, 11) is 0. The molecule has 0 radical (unpaired) electrons. The van der Waals surface area contributed by atoms with E-state index >= 15 is 0 Å². The molecule has 0 saturated carbocycles. The van der Waals surface area contributed by atoms with Crippen LogP contribution in [0.2, 0.25) is 10.0 Å². The lowest BCUT2D eigenvalue weighted by molar-refractivity contribution is -0.137. The number of piperazine rings is 1. The number of fused-ring (bicyclic) bond motifs is 1. The number of hydrogen-bond acceptors (Lipinski definition) is 7. The average molecular weight is 506 g/mol. The molecule has 5 rings (SSSR count). The third-order valence-corrected chi connectivity index (χ3v) is 7.81. The highest BCUT2D eigenvalue weighted by molar-refractivity contribution is 7.80. The number of halogens is 2. The van der Waals surface area contributed by atoms with E-state index in [1.807, 2.05) is 0 Å². The summed E-state index contributed by atoms with van der Waals surface area (Å²) < 4.78 is 0. The number of carbonyl (C=O) groups excluding carboxylic acids is 2. The molecule has 2 fully saturated rings. The molecule has 2 saturated heterocycles. The highest BCUT2D eigenvalue weighted by atomic mass is 35.5. The molecule has 3 aliphatic heterocycles. The number of nitrogens with zero attached hydrogens (tertiary/aromatic N) is 4. The number of carbonyl (C=O) groups is 2. The molecule has 174 valence electrons. The Hall–Kier alpha value is -1.84. The number of nitrogens with one attached hydrogen (secondary N) is 1. The first-order valence-electron chi connectivity index (χ1n) is 11.1. The Morgan fingerprint density at radius 3 is 2.52 bits per heavy atom. The predicted octanol–water partition coefficient (Wildman–Crippen LogP) is 3.26. The fourth-order valence-corrected chi connectivity index (χ4v) is 6.08. The van der Waals surface area contributed by atoms with Crippen molar-refractivity contribution in [1.29, 1.82) is 0 Å². The van der Waals surface area contributed by atoms with E-state index in [1.54, 1.807) is 12.4 Å². The van der Waals surface area contributed by atoms with Gasteiger partial charge in [-0.3, -0.25) is 29.7 Å². The molecule has 0 bridgehead atoms. The van der Waals surface area contributed by atoms with Crippen molar-refractivity contribution in [3.8, 4) is 0 Å². The van der Waals surface area contributed by atoms with Crippen molar-refractivity contribution in [2.75, 3.05) is 31.1 Å². The monoisotopic (exact) mass is 505 g/mol. The van der Waals surface area contributed by atoms with Gasteiger partial charge in [0.05, 0.1) is 27.1 Å². The minimum Gasteiger partial charge on any atom is -0.366 e. The van der Waals surface area contributed by atoms with Gasteiger partial charge < -0.3 is 4.90 Å². The van der Waals surface area contributed by atoms with Crippen LogP contribution in [-0.2, 0) is 22.7 Å². The van der Waals surface area contributed by atoms with Crippen molar-refractivity contribution in [2.24, 2.45) is 0 Å². The van der Waals surface area contributed by atoms with Crippen LogP contribution in [0.3, 0.4) is 0 Å². The van der Waals surface area contributed by atoms with Gasteiger partial charge in [0.1, 0.15) is 0 Å². The van der Waals surface area contributed by atoms with Crippen LogP contribution >= 0.6 is 35.8 Å². The Morgan fingerprint density at radius 1 is 1.09 bits per heavy atom. The highest BCUT2D eigenvalue weighted by Crippen LogP contribution is 2.40. The molecule has 2 atom stereocenters. The maximum Gasteiger partial charge on any atom is 0.243 e. The van der Waals surface area contributed by atoms with Crippen molar-refractivity contribution in [3.63, 3.8) is 0 Å². The first-order valence-corrected chi connectivity index (χ1v) is 12.3. The second-order valence-electron chi connectivity index (χ2n) is 8.76. The lowest BCUT2D eigenvalue weighted by atomic mass is 10.0. The van der Waals surface area contributed by atoms with Crippen LogP contribution in [0.1, 0.15) is 34.9 Å². The number of imide groups is 1. The first-order chi connectivity index (χ1) is 15.9. The third-order valence-electron chi connectivity index (χ3n) is 6.69. The van der Waals surface area contributed by atoms with Gasteiger partial charge in [-0.25, -0.2) is 0 Å². The topological polar surface area (TPSA) is 68.8 Å². The van der Waals surface area contributed by atoms with E-state index in [0.717, 1.165) is 44.0 Å². The summed E-state index contributed by atoms with van der Waals surface area (Å²) in [6, 6.07) is 6.19. The number of piperidine rings is 1. The number of hydrogen-bond donors (Lipinski definition) is 2. The smallest absolute Gasteiger partial charge is 0.243 e. The van der Waals surface area contributed by atoms with Gasteiger partial charge in [0, 0.05) is 58.1 Å². The van der Waals surface area contributed by atoms with Crippen LogP contribution in [0.15, 0.2) is 30.6 Å². The largest absolute Gasteiger partial charge is 0.366 e. The Labute approximate surface area is 208 Å². The van der Waals surface area contributed by atoms with E-state index in [4.69, 9.17) is 35.8 Å². The van der Waals surface area contributed by atoms with Gasteiger partial charge in [-0.15, -0.1) is 0 Å². The van der Waals surface area contributed by atoms with Gasteiger partial charge in [-0.1, -0.05) is 41.4 Å². The van der Waals surface area contributed by atoms with Gasteiger partial charge in [0.15, 0.2) is 0 Å². The Morgan fingerprint density at radius 2 is 1.82 bits per heavy atom. The van der Waals surface area contributed by atoms with E-state index in [1.165, 1.54) is 11.1 Å². The van der Waals surface area contributed by atoms with Crippen LogP contribution < -0.4 is 10.2 Å². The van der Waals surface area contributed by atoms with Crippen LogP contribution in [0, 0.1) is 0 Å². The van der Waals surface area contributed by atoms with E-state index in [0.29, 0.717) is 29.4 Å². The molecule has 0 aliphatic carbocycles. The zero-order valence-corrected chi connectivity index (χ0v) is 20.4. The van der Waals surface area contributed by atoms with Crippen LogP contribution in [0.5, 0.6) is 0 Å². The maximum absolute atomic E-state index is 12.4. The summed E-state index contributed by atoms with van der Waals surface area (Å²) in [5.41, 5.74) is 4.44. The van der Waals surface area contributed by atoms with Crippen molar-refractivity contribution >= 4 is 53.3 Å². The van der Waals surface area contributed by atoms with Gasteiger partial charge in [0.25, 0.3) is 0 Å². The minimum absolute atomic E-state index is 0.142. The van der Waals surface area contributed by atoms with Crippen LogP contribution in [0.25, 0.3) is 0 Å². The molecule has 4 heterocycles. The van der Waals surface area contributed by atoms with Gasteiger partial charge >= 0.3 is 0 Å². The van der Waals surface area contributed by atoms with E-state index in [9.17, 15) is 9.59 Å². The second kappa shape index (κ2) is 9.43. The Bertz CT molecular complexity index is 1070. The Kier molecular flexibility index (Phi) is 6.55. The summed E-state index contributed by atoms with van der Waals surface area (Å²) >= 11 is 17.4. The molecule has 1 aromatic carbocycles.